The number of fused-ring (bicyclic) bond motifs is 1. The molecule has 0 saturated heterocycles. The number of carboxylic acids is 1. The number of nitrogens with two attached hydrogens (primary N) is 1. The first-order valence-electron chi connectivity index (χ1n) is 11.3. The fourth-order valence-corrected chi connectivity index (χ4v) is 5.10. The number of hydrogen-bond acceptors (Lipinski definition) is 4. The number of methoxy groups -OCH3 is 1. The first-order valence-corrected chi connectivity index (χ1v) is 11.3. The molecule has 0 radical (unpaired) electrons. The molecule has 0 fully saturated rings. The van der Waals surface area contributed by atoms with Crippen LogP contribution in [-0.4, -0.2) is 42.8 Å². The molecule has 0 aliphatic heterocycles. The number of amides is 1. The highest BCUT2D eigenvalue weighted by Crippen LogP contribution is 2.44. The van der Waals surface area contributed by atoms with E-state index in [1.54, 1.807) is 13.2 Å². The van der Waals surface area contributed by atoms with Crippen molar-refractivity contribution >= 4 is 11.9 Å². The molecule has 0 spiro atoms. The van der Waals surface area contributed by atoms with Crippen molar-refractivity contribution in [1.29, 1.82) is 0 Å². The zero-order valence-corrected chi connectivity index (χ0v) is 18.9. The standard InChI is InChI=1S/C24H38N2O4/c1-5-8-9-16(23(28)29)12-13-26-21-20(30-4)15-17-10-11-18(22(25)27)14-19(17)24(21,6-2)7-3/h10-11,14,16,20-21,26H,5-9,12-13,15H2,1-4H3,(H2,25,27)(H,28,29)/t16?,20-,21+/m0/s1. The van der Waals surface area contributed by atoms with Crippen LogP contribution in [0, 0.1) is 5.92 Å². The maximum absolute atomic E-state index is 11.8. The Bertz CT molecular complexity index is 730. The highest BCUT2D eigenvalue weighted by Gasteiger charge is 2.46. The van der Waals surface area contributed by atoms with E-state index >= 15 is 0 Å². The molecule has 6 heteroatoms. The van der Waals surface area contributed by atoms with Gasteiger partial charge < -0.3 is 20.9 Å². The first-order chi connectivity index (χ1) is 14.3. The Kier molecular flexibility index (Phi) is 8.86. The van der Waals surface area contributed by atoms with Crippen LogP contribution in [0.1, 0.15) is 80.8 Å². The molecule has 1 aliphatic carbocycles. The highest BCUT2D eigenvalue weighted by molar-refractivity contribution is 5.93. The number of primary amides is 1. The molecule has 30 heavy (non-hydrogen) atoms. The van der Waals surface area contributed by atoms with E-state index in [1.807, 2.05) is 12.1 Å². The fraction of sp³-hybridized carbons (Fsp3) is 0.667. The van der Waals surface area contributed by atoms with E-state index in [0.29, 0.717) is 24.9 Å². The molecule has 168 valence electrons. The molecule has 0 heterocycles. The van der Waals surface area contributed by atoms with Crippen LogP contribution < -0.4 is 11.1 Å². The number of carboxylic acid groups (broad SMARTS) is 1. The summed E-state index contributed by atoms with van der Waals surface area (Å²) in [4.78, 5) is 23.4. The van der Waals surface area contributed by atoms with Gasteiger partial charge in [-0.2, -0.15) is 0 Å². The summed E-state index contributed by atoms with van der Waals surface area (Å²) in [6, 6.07) is 5.78. The van der Waals surface area contributed by atoms with Gasteiger partial charge in [0.25, 0.3) is 0 Å². The number of unbranched alkanes of at least 4 members (excludes halogenated alkanes) is 1. The average molecular weight is 419 g/mol. The van der Waals surface area contributed by atoms with Crippen molar-refractivity contribution in [3.05, 3.63) is 34.9 Å². The van der Waals surface area contributed by atoms with E-state index in [-0.39, 0.29) is 23.5 Å². The normalized spacial score (nSPS) is 21.1. The molecule has 1 aliphatic rings. The zero-order chi connectivity index (χ0) is 22.3. The SMILES string of the molecule is CCCCC(CCN[C@@H]1[C@@H](OC)Cc2ccc(C(N)=O)cc2C1(CC)CC)C(=O)O. The molecule has 2 rings (SSSR count). The van der Waals surface area contributed by atoms with Crippen LogP contribution >= 0.6 is 0 Å². The second-order valence-electron chi connectivity index (χ2n) is 8.48. The van der Waals surface area contributed by atoms with E-state index < -0.39 is 11.9 Å². The van der Waals surface area contributed by atoms with Crippen molar-refractivity contribution in [2.24, 2.45) is 11.7 Å². The highest BCUT2D eigenvalue weighted by atomic mass is 16.5. The molecule has 4 N–H and O–H groups in total. The van der Waals surface area contributed by atoms with Crippen molar-refractivity contribution in [3.63, 3.8) is 0 Å². The third-order valence-corrected chi connectivity index (χ3v) is 7.00. The van der Waals surface area contributed by atoms with Gasteiger partial charge >= 0.3 is 5.97 Å². The molecule has 6 nitrogen and oxygen atoms in total. The quantitative estimate of drug-likeness (QED) is 0.481. The lowest BCUT2D eigenvalue weighted by Gasteiger charge is -2.49. The summed E-state index contributed by atoms with van der Waals surface area (Å²) in [7, 11) is 1.74. The van der Waals surface area contributed by atoms with Gasteiger partial charge in [0.05, 0.1) is 12.0 Å². The van der Waals surface area contributed by atoms with Gasteiger partial charge in [0.2, 0.25) is 5.91 Å². The zero-order valence-electron chi connectivity index (χ0n) is 18.9. The lowest BCUT2D eigenvalue weighted by atomic mass is 9.62. The number of hydrogen-bond donors (Lipinski definition) is 3. The summed E-state index contributed by atoms with van der Waals surface area (Å²) in [6.07, 6.45) is 5.74. The molecular weight excluding hydrogens is 380 g/mol. The second-order valence-corrected chi connectivity index (χ2v) is 8.48. The minimum Gasteiger partial charge on any atom is -0.481 e. The summed E-state index contributed by atoms with van der Waals surface area (Å²) in [5.74, 6) is -1.46. The molecular formula is C24H38N2O4. The van der Waals surface area contributed by atoms with Crippen molar-refractivity contribution in [2.45, 2.75) is 83.3 Å². The van der Waals surface area contributed by atoms with Crippen molar-refractivity contribution in [3.8, 4) is 0 Å². The Morgan fingerprint density at radius 1 is 1.27 bits per heavy atom. The first kappa shape index (κ1) is 24.4. The van der Waals surface area contributed by atoms with E-state index in [2.05, 4.69) is 26.1 Å². The van der Waals surface area contributed by atoms with E-state index in [0.717, 1.165) is 37.7 Å². The summed E-state index contributed by atoms with van der Waals surface area (Å²) < 4.78 is 5.90. The Morgan fingerprint density at radius 3 is 2.50 bits per heavy atom. The number of carbonyl (C=O) groups is 2. The molecule has 0 aromatic heterocycles. The van der Waals surface area contributed by atoms with Crippen LogP contribution in [-0.2, 0) is 21.4 Å². The van der Waals surface area contributed by atoms with E-state index in [9.17, 15) is 14.7 Å². The number of ether oxygens (including phenoxy) is 1. The summed E-state index contributed by atoms with van der Waals surface area (Å²) in [5.41, 5.74) is 8.23. The third kappa shape index (κ3) is 5.03. The van der Waals surface area contributed by atoms with Crippen LogP contribution in [0.5, 0.6) is 0 Å². The van der Waals surface area contributed by atoms with Gasteiger partial charge in [-0.1, -0.05) is 39.7 Å². The summed E-state index contributed by atoms with van der Waals surface area (Å²) >= 11 is 0. The van der Waals surface area contributed by atoms with E-state index in [4.69, 9.17) is 10.5 Å². The van der Waals surface area contributed by atoms with Crippen LogP contribution in [0.15, 0.2) is 18.2 Å². The van der Waals surface area contributed by atoms with Crippen LogP contribution in [0.4, 0.5) is 0 Å². The van der Waals surface area contributed by atoms with Gasteiger partial charge in [-0.3, -0.25) is 9.59 Å². The molecule has 1 aromatic carbocycles. The molecule has 1 aromatic rings. The van der Waals surface area contributed by atoms with Gasteiger partial charge in [-0.15, -0.1) is 0 Å². The predicted octanol–water partition coefficient (Wildman–Crippen LogP) is 3.65. The smallest absolute Gasteiger partial charge is 0.306 e. The average Bonchev–Trinajstić information content (AvgIpc) is 2.74. The molecule has 0 bridgehead atoms. The molecule has 1 unspecified atom stereocenters. The van der Waals surface area contributed by atoms with E-state index in [1.165, 1.54) is 5.56 Å². The Balaban J connectivity index is 2.31. The monoisotopic (exact) mass is 418 g/mol. The molecule has 3 atom stereocenters. The minimum absolute atomic E-state index is 0.0178. The van der Waals surface area contributed by atoms with Crippen molar-refractivity contribution < 1.29 is 19.4 Å². The Morgan fingerprint density at radius 2 is 1.97 bits per heavy atom. The Labute approximate surface area is 180 Å². The minimum atomic E-state index is -0.717. The summed E-state index contributed by atoms with van der Waals surface area (Å²) in [6.45, 7) is 7.03. The Hall–Kier alpha value is -1.92. The third-order valence-electron chi connectivity index (χ3n) is 7.00. The largest absolute Gasteiger partial charge is 0.481 e. The van der Waals surface area contributed by atoms with Gasteiger partial charge in [-0.25, -0.2) is 0 Å². The summed E-state index contributed by atoms with van der Waals surface area (Å²) in [5, 5.41) is 13.2. The van der Waals surface area contributed by atoms with Gasteiger partial charge in [0.1, 0.15) is 0 Å². The van der Waals surface area contributed by atoms with Crippen LogP contribution in [0.25, 0.3) is 0 Å². The number of aliphatic carboxylic acids is 1. The molecule has 0 saturated carbocycles. The number of carbonyl (C=O) groups excluding carboxylic acids is 1. The lowest BCUT2D eigenvalue weighted by Crippen LogP contribution is -2.59. The number of benzene rings is 1. The van der Waals surface area contributed by atoms with Crippen LogP contribution in [0.2, 0.25) is 0 Å². The van der Waals surface area contributed by atoms with Gasteiger partial charge in [0.15, 0.2) is 0 Å². The van der Waals surface area contributed by atoms with Crippen molar-refractivity contribution in [2.75, 3.05) is 13.7 Å². The van der Waals surface area contributed by atoms with Crippen molar-refractivity contribution in [1.82, 2.24) is 5.32 Å². The topological polar surface area (TPSA) is 102 Å². The second kappa shape index (κ2) is 10.9. The molecule has 1 amide bonds. The van der Waals surface area contributed by atoms with Crippen LogP contribution in [0.3, 0.4) is 0 Å². The van der Waals surface area contributed by atoms with Gasteiger partial charge in [-0.05, 0) is 55.5 Å². The lowest BCUT2D eigenvalue weighted by molar-refractivity contribution is -0.142. The predicted molar refractivity (Wildman–Crippen MR) is 119 cm³/mol. The maximum Gasteiger partial charge on any atom is 0.306 e. The number of rotatable bonds is 12. The van der Waals surface area contributed by atoms with Gasteiger partial charge in [0, 0.05) is 30.6 Å². The number of nitrogens with one attached hydrogen (secondary N) is 1. The maximum atomic E-state index is 11.8. The fourth-order valence-electron chi connectivity index (χ4n) is 5.10.